The predicted molar refractivity (Wildman–Crippen MR) is 56.0 cm³/mol. The molecule has 0 spiro atoms. The minimum absolute atomic E-state index is 0.613. The van der Waals surface area contributed by atoms with Gasteiger partial charge in [0.05, 0.1) is 12.8 Å². The first-order chi connectivity index (χ1) is 6.86. The standard InChI is InChI=1S/C12H21NO/c1-9-4-2-6-11-10-5-3-7-12(10)14-8-13(9)11/h9-12H,2-8H2,1H3/t9-,10-,11+,12-/m1/s1. The number of fused-ring (bicyclic) bond motifs is 3. The van der Waals surface area contributed by atoms with E-state index in [1.165, 1.54) is 38.5 Å². The van der Waals surface area contributed by atoms with Gasteiger partial charge < -0.3 is 4.74 Å². The van der Waals surface area contributed by atoms with Crippen LogP contribution in [0.5, 0.6) is 0 Å². The molecular weight excluding hydrogens is 174 g/mol. The zero-order valence-corrected chi connectivity index (χ0v) is 9.11. The van der Waals surface area contributed by atoms with E-state index < -0.39 is 0 Å². The van der Waals surface area contributed by atoms with Crippen molar-refractivity contribution in [1.82, 2.24) is 4.90 Å². The van der Waals surface area contributed by atoms with Crippen LogP contribution in [0.25, 0.3) is 0 Å². The van der Waals surface area contributed by atoms with Crippen LogP contribution in [-0.4, -0.2) is 29.8 Å². The first-order valence-corrected chi connectivity index (χ1v) is 6.23. The van der Waals surface area contributed by atoms with E-state index in [2.05, 4.69) is 11.8 Å². The van der Waals surface area contributed by atoms with Crippen LogP contribution in [0.4, 0.5) is 0 Å². The zero-order valence-electron chi connectivity index (χ0n) is 9.11. The Morgan fingerprint density at radius 3 is 2.86 bits per heavy atom. The van der Waals surface area contributed by atoms with Crippen LogP contribution in [0.1, 0.15) is 45.4 Å². The summed E-state index contributed by atoms with van der Waals surface area (Å²) < 4.78 is 5.97. The molecule has 2 heteroatoms. The fourth-order valence-electron chi connectivity index (χ4n) is 3.75. The van der Waals surface area contributed by atoms with Crippen LogP contribution in [0.3, 0.4) is 0 Å². The van der Waals surface area contributed by atoms with E-state index >= 15 is 0 Å². The van der Waals surface area contributed by atoms with Gasteiger partial charge in [0.2, 0.25) is 0 Å². The molecule has 0 N–H and O–H groups in total. The Bertz CT molecular complexity index is 216. The van der Waals surface area contributed by atoms with Crippen LogP contribution in [0.15, 0.2) is 0 Å². The second-order valence-corrected chi connectivity index (χ2v) is 5.29. The lowest BCUT2D eigenvalue weighted by Gasteiger charge is -2.48. The van der Waals surface area contributed by atoms with Gasteiger partial charge in [-0.15, -0.1) is 0 Å². The van der Waals surface area contributed by atoms with Crippen LogP contribution >= 0.6 is 0 Å². The van der Waals surface area contributed by atoms with Gasteiger partial charge in [-0.05, 0) is 32.6 Å². The minimum atomic E-state index is 0.613. The minimum Gasteiger partial charge on any atom is -0.362 e. The molecule has 3 fully saturated rings. The van der Waals surface area contributed by atoms with Crippen LogP contribution < -0.4 is 0 Å². The first-order valence-electron chi connectivity index (χ1n) is 6.23. The number of ether oxygens (including phenoxy) is 1. The third-order valence-electron chi connectivity index (χ3n) is 4.55. The van der Waals surface area contributed by atoms with Gasteiger partial charge in [-0.25, -0.2) is 0 Å². The summed E-state index contributed by atoms with van der Waals surface area (Å²) in [6.07, 6.45) is 8.98. The van der Waals surface area contributed by atoms with Crippen molar-refractivity contribution in [3.05, 3.63) is 0 Å². The Morgan fingerprint density at radius 2 is 1.93 bits per heavy atom. The van der Waals surface area contributed by atoms with Crippen LogP contribution in [-0.2, 0) is 4.74 Å². The van der Waals surface area contributed by atoms with Crippen molar-refractivity contribution in [1.29, 1.82) is 0 Å². The van der Waals surface area contributed by atoms with Gasteiger partial charge in [0, 0.05) is 18.0 Å². The van der Waals surface area contributed by atoms with E-state index in [9.17, 15) is 0 Å². The number of nitrogens with zero attached hydrogens (tertiary/aromatic N) is 1. The highest BCUT2D eigenvalue weighted by Gasteiger charge is 2.43. The summed E-state index contributed by atoms with van der Waals surface area (Å²) in [7, 11) is 0. The second kappa shape index (κ2) is 3.49. The number of hydrogen-bond donors (Lipinski definition) is 0. The van der Waals surface area contributed by atoms with E-state index in [1.807, 2.05) is 0 Å². The number of hydrogen-bond acceptors (Lipinski definition) is 2. The molecule has 2 saturated heterocycles. The van der Waals surface area contributed by atoms with Gasteiger partial charge in [0.15, 0.2) is 0 Å². The number of rotatable bonds is 0. The summed E-state index contributed by atoms with van der Waals surface area (Å²) in [5.41, 5.74) is 0. The fourth-order valence-corrected chi connectivity index (χ4v) is 3.75. The van der Waals surface area contributed by atoms with Gasteiger partial charge in [0.1, 0.15) is 0 Å². The summed E-state index contributed by atoms with van der Waals surface area (Å²) in [5.74, 6) is 0.867. The Kier molecular flexibility index (Phi) is 2.29. The molecule has 0 bridgehead atoms. The maximum Gasteiger partial charge on any atom is 0.0998 e. The average molecular weight is 195 g/mol. The Morgan fingerprint density at radius 1 is 1.07 bits per heavy atom. The Labute approximate surface area is 86.6 Å². The molecule has 0 aromatic carbocycles. The fraction of sp³-hybridized carbons (Fsp3) is 1.00. The Hall–Kier alpha value is -0.0800. The van der Waals surface area contributed by atoms with Crippen LogP contribution in [0.2, 0.25) is 0 Å². The third-order valence-corrected chi connectivity index (χ3v) is 4.55. The first kappa shape index (κ1) is 9.17. The lowest BCUT2D eigenvalue weighted by Crippen LogP contribution is -2.55. The molecule has 0 aromatic heterocycles. The molecule has 0 amide bonds. The molecule has 4 atom stereocenters. The molecule has 1 saturated carbocycles. The van der Waals surface area contributed by atoms with Crippen molar-refractivity contribution in [3.63, 3.8) is 0 Å². The van der Waals surface area contributed by atoms with E-state index in [0.29, 0.717) is 6.10 Å². The average Bonchev–Trinajstić information content (AvgIpc) is 2.66. The van der Waals surface area contributed by atoms with Crippen molar-refractivity contribution >= 4 is 0 Å². The Balaban J connectivity index is 1.79. The SMILES string of the molecule is C[C@@H]1CCC[C@H]2[C@H]3CCC[C@H]3OCN12. The van der Waals surface area contributed by atoms with Crippen molar-refractivity contribution in [2.24, 2.45) is 5.92 Å². The van der Waals surface area contributed by atoms with Crippen molar-refractivity contribution < 1.29 is 4.74 Å². The number of piperidine rings is 1. The largest absolute Gasteiger partial charge is 0.362 e. The van der Waals surface area contributed by atoms with Gasteiger partial charge in [-0.1, -0.05) is 12.8 Å². The molecule has 3 rings (SSSR count). The molecule has 2 nitrogen and oxygen atoms in total. The van der Waals surface area contributed by atoms with E-state index in [4.69, 9.17) is 4.74 Å². The molecule has 80 valence electrons. The van der Waals surface area contributed by atoms with Crippen LogP contribution in [0, 0.1) is 5.92 Å². The van der Waals surface area contributed by atoms with Gasteiger partial charge in [-0.3, -0.25) is 4.90 Å². The summed E-state index contributed by atoms with van der Waals surface area (Å²) in [6, 6.07) is 1.62. The predicted octanol–water partition coefficient (Wildman–Crippen LogP) is 2.39. The molecule has 3 aliphatic rings. The highest BCUT2D eigenvalue weighted by atomic mass is 16.5. The topological polar surface area (TPSA) is 12.5 Å². The van der Waals surface area contributed by atoms with Crippen molar-refractivity contribution in [3.8, 4) is 0 Å². The van der Waals surface area contributed by atoms with Crippen molar-refractivity contribution in [2.75, 3.05) is 6.73 Å². The molecule has 14 heavy (non-hydrogen) atoms. The zero-order chi connectivity index (χ0) is 9.54. The maximum atomic E-state index is 5.97. The highest BCUT2D eigenvalue weighted by Crippen LogP contribution is 2.41. The van der Waals surface area contributed by atoms with E-state index in [1.54, 1.807) is 0 Å². The molecule has 0 unspecified atom stereocenters. The molecule has 1 aliphatic carbocycles. The third kappa shape index (κ3) is 1.31. The summed E-state index contributed by atoms with van der Waals surface area (Å²) in [5, 5.41) is 0. The quantitative estimate of drug-likeness (QED) is 0.588. The highest BCUT2D eigenvalue weighted by molar-refractivity contribution is 4.95. The van der Waals surface area contributed by atoms with E-state index in [0.717, 1.165) is 24.7 Å². The van der Waals surface area contributed by atoms with Gasteiger partial charge in [0.25, 0.3) is 0 Å². The van der Waals surface area contributed by atoms with Gasteiger partial charge in [-0.2, -0.15) is 0 Å². The molecule has 2 heterocycles. The molecule has 0 aromatic rings. The smallest absolute Gasteiger partial charge is 0.0998 e. The molecule has 2 aliphatic heterocycles. The lowest BCUT2D eigenvalue weighted by molar-refractivity contribution is -0.148. The summed E-state index contributed by atoms with van der Waals surface area (Å²) >= 11 is 0. The maximum absolute atomic E-state index is 5.97. The monoisotopic (exact) mass is 195 g/mol. The molecular formula is C12H21NO. The lowest BCUT2D eigenvalue weighted by atomic mass is 9.85. The normalized spacial score (nSPS) is 48.6. The van der Waals surface area contributed by atoms with Gasteiger partial charge >= 0.3 is 0 Å². The molecule has 0 radical (unpaired) electrons. The van der Waals surface area contributed by atoms with E-state index in [-0.39, 0.29) is 0 Å². The second-order valence-electron chi connectivity index (χ2n) is 5.29. The summed E-state index contributed by atoms with van der Waals surface area (Å²) in [4.78, 5) is 2.62. The van der Waals surface area contributed by atoms with Crippen molar-refractivity contribution in [2.45, 2.75) is 63.6 Å². The summed E-state index contributed by atoms with van der Waals surface area (Å²) in [6.45, 7) is 3.28.